The minimum atomic E-state index is 0.614. The van der Waals surface area contributed by atoms with Gasteiger partial charge in [0.2, 0.25) is 0 Å². The highest BCUT2D eigenvalue weighted by molar-refractivity contribution is 6.14. The van der Waals surface area contributed by atoms with Gasteiger partial charge in [-0.25, -0.2) is 0 Å². The Labute approximate surface area is 222 Å². The van der Waals surface area contributed by atoms with Crippen molar-refractivity contribution in [1.29, 1.82) is 10.7 Å². The Bertz CT molecular complexity index is 1670. The molecule has 0 radical (unpaired) electrons. The fourth-order valence-electron chi connectivity index (χ4n) is 4.57. The molecule has 182 valence electrons. The predicted octanol–water partition coefficient (Wildman–Crippen LogP) is 7.98. The maximum atomic E-state index is 9.46. The second-order valence-corrected chi connectivity index (χ2v) is 8.83. The first-order valence-corrected chi connectivity index (χ1v) is 12.2. The number of anilines is 1. The standard InChI is InChI=1S/C33H25N5/c1-23-17-29(26-10-5-7-24(18-26)21-35)20-32(33(23)38-37-16-14-34)31-19-27(28-11-6-15-36-22-28)12-13-30(31)25-8-3-2-4-9-25/h2-20,22,34,38H,1H3/b34-14?,37-16-. The van der Waals surface area contributed by atoms with Crippen molar-refractivity contribution in [3.8, 4) is 50.6 Å². The van der Waals surface area contributed by atoms with Crippen LogP contribution in [0, 0.1) is 23.7 Å². The van der Waals surface area contributed by atoms with Crippen molar-refractivity contribution in [2.75, 3.05) is 5.43 Å². The Kier molecular flexibility index (Phi) is 7.15. The van der Waals surface area contributed by atoms with Crippen molar-refractivity contribution in [3.05, 3.63) is 121 Å². The van der Waals surface area contributed by atoms with E-state index in [1.807, 2.05) is 61.7 Å². The number of nitrogens with zero attached hydrogens (tertiary/aromatic N) is 3. The maximum absolute atomic E-state index is 9.46. The van der Waals surface area contributed by atoms with Crippen molar-refractivity contribution < 1.29 is 0 Å². The number of hydrogen-bond donors (Lipinski definition) is 2. The fraction of sp³-hybridized carbons (Fsp3) is 0.0303. The molecule has 5 aromatic rings. The smallest absolute Gasteiger partial charge is 0.0991 e. The topological polar surface area (TPSA) is 84.9 Å². The average Bonchev–Trinajstić information content (AvgIpc) is 2.98. The molecule has 2 N–H and O–H groups in total. The molecule has 38 heavy (non-hydrogen) atoms. The summed E-state index contributed by atoms with van der Waals surface area (Å²) in [6.07, 6.45) is 6.19. The molecule has 0 saturated carbocycles. The number of aryl methyl sites for hydroxylation is 1. The Morgan fingerprint density at radius 2 is 1.53 bits per heavy atom. The maximum Gasteiger partial charge on any atom is 0.0991 e. The molecule has 0 amide bonds. The number of nitriles is 1. The molecular formula is C33H25N5. The van der Waals surface area contributed by atoms with Crippen molar-refractivity contribution >= 4 is 18.1 Å². The third kappa shape index (κ3) is 5.11. The Hall–Kier alpha value is -5.34. The zero-order chi connectivity index (χ0) is 26.3. The van der Waals surface area contributed by atoms with E-state index in [1.165, 1.54) is 6.21 Å². The molecule has 5 rings (SSSR count). The van der Waals surface area contributed by atoms with Gasteiger partial charge in [0.05, 0.1) is 23.5 Å². The third-order valence-electron chi connectivity index (χ3n) is 6.38. The lowest BCUT2D eigenvalue weighted by molar-refractivity contribution is 1.31. The summed E-state index contributed by atoms with van der Waals surface area (Å²) in [6, 6.07) is 34.9. The largest absolute Gasteiger partial charge is 0.307 e. The van der Waals surface area contributed by atoms with Crippen molar-refractivity contribution in [3.63, 3.8) is 0 Å². The van der Waals surface area contributed by atoms with Crippen LogP contribution in [0.1, 0.15) is 11.1 Å². The molecule has 1 aromatic heterocycles. The number of hydrazone groups is 1. The van der Waals surface area contributed by atoms with Crippen molar-refractivity contribution in [2.24, 2.45) is 5.10 Å². The first-order valence-electron chi connectivity index (χ1n) is 12.2. The highest BCUT2D eigenvalue weighted by atomic mass is 15.3. The molecule has 5 nitrogen and oxygen atoms in total. The van der Waals surface area contributed by atoms with Gasteiger partial charge in [-0.05, 0) is 82.3 Å². The van der Waals surface area contributed by atoms with Gasteiger partial charge in [0.25, 0.3) is 0 Å². The Morgan fingerprint density at radius 3 is 2.29 bits per heavy atom. The Morgan fingerprint density at radius 1 is 0.763 bits per heavy atom. The highest BCUT2D eigenvalue weighted by Crippen LogP contribution is 2.42. The van der Waals surface area contributed by atoms with E-state index < -0.39 is 0 Å². The summed E-state index contributed by atoms with van der Waals surface area (Å²) < 4.78 is 0. The van der Waals surface area contributed by atoms with Crippen molar-refractivity contribution in [2.45, 2.75) is 6.92 Å². The van der Waals surface area contributed by atoms with E-state index >= 15 is 0 Å². The van der Waals surface area contributed by atoms with Gasteiger partial charge < -0.3 is 5.41 Å². The highest BCUT2D eigenvalue weighted by Gasteiger charge is 2.17. The van der Waals surface area contributed by atoms with Crippen LogP contribution < -0.4 is 5.43 Å². The van der Waals surface area contributed by atoms with E-state index in [4.69, 9.17) is 5.41 Å². The van der Waals surface area contributed by atoms with Gasteiger partial charge in [0.15, 0.2) is 0 Å². The summed E-state index contributed by atoms with van der Waals surface area (Å²) in [6.45, 7) is 2.04. The number of nitrogens with one attached hydrogen (secondary N) is 2. The van der Waals surface area contributed by atoms with E-state index in [0.29, 0.717) is 5.56 Å². The van der Waals surface area contributed by atoms with Crippen molar-refractivity contribution in [1.82, 2.24) is 4.98 Å². The van der Waals surface area contributed by atoms with E-state index in [0.717, 1.165) is 62.0 Å². The van der Waals surface area contributed by atoms with Crippen LogP contribution in [0.2, 0.25) is 0 Å². The number of hydrogen-bond acceptors (Lipinski definition) is 5. The number of aromatic nitrogens is 1. The van der Waals surface area contributed by atoms with Crippen LogP contribution in [0.4, 0.5) is 5.69 Å². The van der Waals surface area contributed by atoms with Gasteiger partial charge in [0.1, 0.15) is 0 Å². The number of pyridine rings is 1. The molecule has 4 aromatic carbocycles. The monoisotopic (exact) mass is 491 g/mol. The van der Waals surface area contributed by atoms with E-state index in [2.05, 4.69) is 70.1 Å². The van der Waals surface area contributed by atoms with E-state index in [1.54, 1.807) is 6.20 Å². The zero-order valence-corrected chi connectivity index (χ0v) is 20.9. The molecule has 5 heteroatoms. The fourth-order valence-corrected chi connectivity index (χ4v) is 4.57. The molecule has 0 aliphatic carbocycles. The molecule has 0 aliphatic rings. The summed E-state index contributed by atoms with van der Waals surface area (Å²) in [5.41, 5.74) is 13.9. The molecule has 0 saturated heterocycles. The molecule has 0 atom stereocenters. The molecular weight excluding hydrogens is 466 g/mol. The summed E-state index contributed by atoms with van der Waals surface area (Å²) in [7, 11) is 0. The predicted molar refractivity (Wildman–Crippen MR) is 156 cm³/mol. The summed E-state index contributed by atoms with van der Waals surface area (Å²) in [5, 5.41) is 21.1. The normalized spacial score (nSPS) is 10.7. The lowest BCUT2D eigenvalue weighted by atomic mass is 9.88. The van der Waals surface area contributed by atoms with Crippen LogP contribution in [0.15, 0.2) is 115 Å². The molecule has 0 bridgehead atoms. The van der Waals surface area contributed by atoms with Gasteiger partial charge in [-0.15, -0.1) is 0 Å². The molecule has 1 heterocycles. The van der Waals surface area contributed by atoms with Gasteiger partial charge in [-0.1, -0.05) is 60.7 Å². The van der Waals surface area contributed by atoms with Crippen LogP contribution in [0.5, 0.6) is 0 Å². The molecule has 0 aliphatic heterocycles. The summed E-state index contributed by atoms with van der Waals surface area (Å²) in [4.78, 5) is 4.32. The minimum Gasteiger partial charge on any atom is -0.307 e. The quantitative estimate of drug-likeness (QED) is 0.179. The van der Waals surface area contributed by atoms with Gasteiger partial charge in [0, 0.05) is 29.7 Å². The van der Waals surface area contributed by atoms with Gasteiger partial charge in [-0.3, -0.25) is 10.4 Å². The first kappa shape index (κ1) is 24.4. The second-order valence-electron chi connectivity index (χ2n) is 8.83. The molecule has 0 fully saturated rings. The van der Waals surface area contributed by atoms with Crippen LogP contribution in [-0.4, -0.2) is 17.4 Å². The number of benzene rings is 4. The Balaban J connectivity index is 1.80. The molecule has 0 unspecified atom stereocenters. The lowest BCUT2D eigenvalue weighted by Crippen LogP contribution is -1.99. The summed E-state index contributed by atoms with van der Waals surface area (Å²) in [5.74, 6) is 0. The van der Waals surface area contributed by atoms with E-state index in [9.17, 15) is 5.26 Å². The van der Waals surface area contributed by atoms with Crippen LogP contribution in [0.25, 0.3) is 44.5 Å². The third-order valence-corrected chi connectivity index (χ3v) is 6.38. The minimum absolute atomic E-state index is 0.614. The molecule has 0 spiro atoms. The lowest BCUT2D eigenvalue weighted by Gasteiger charge is -2.19. The van der Waals surface area contributed by atoms with Gasteiger partial charge >= 0.3 is 0 Å². The second kappa shape index (κ2) is 11.2. The summed E-state index contributed by atoms with van der Waals surface area (Å²) >= 11 is 0. The first-order chi connectivity index (χ1) is 18.7. The number of rotatable bonds is 7. The zero-order valence-electron chi connectivity index (χ0n) is 20.9. The van der Waals surface area contributed by atoms with Crippen LogP contribution in [-0.2, 0) is 0 Å². The average molecular weight is 492 g/mol. The SMILES string of the molecule is Cc1cc(-c2cccc(C#N)c2)cc(-c2cc(-c3cccnc3)ccc2-c2ccccc2)c1N/N=C\C=N. The van der Waals surface area contributed by atoms with Crippen LogP contribution in [0.3, 0.4) is 0 Å². The van der Waals surface area contributed by atoms with Crippen LogP contribution >= 0.6 is 0 Å². The van der Waals surface area contributed by atoms with E-state index in [-0.39, 0.29) is 0 Å². The van der Waals surface area contributed by atoms with Gasteiger partial charge in [-0.2, -0.15) is 10.4 Å².